The molecule has 0 saturated heterocycles. The maximum Gasteiger partial charge on any atom is 0.133 e. The largest absolute Gasteiger partial charge is 0.497 e. The van der Waals surface area contributed by atoms with Crippen LogP contribution in [0, 0.1) is 6.92 Å². The predicted molar refractivity (Wildman–Crippen MR) is 74.0 cm³/mol. The van der Waals surface area contributed by atoms with E-state index in [1.165, 1.54) is 0 Å². The highest BCUT2D eigenvalue weighted by molar-refractivity contribution is 6.36. The molecule has 1 heterocycles. The summed E-state index contributed by atoms with van der Waals surface area (Å²) in [6.45, 7) is 4.04. The van der Waals surface area contributed by atoms with Gasteiger partial charge < -0.3 is 9.47 Å². The summed E-state index contributed by atoms with van der Waals surface area (Å²) in [4.78, 5) is 4.58. The van der Waals surface area contributed by atoms with Gasteiger partial charge in [-0.3, -0.25) is 4.98 Å². The third-order valence-electron chi connectivity index (χ3n) is 3.07. The maximum absolute atomic E-state index is 6.47. The Hall–Kier alpha value is -1.48. The summed E-state index contributed by atoms with van der Waals surface area (Å²) in [5.74, 6) is 1.41. The van der Waals surface area contributed by atoms with Crippen molar-refractivity contribution in [3.8, 4) is 11.5 Å². The molecule has 18 heavy (non-hydrogen) atoms. The van der Waals surface area contributed by atoms with Gasteiger partial charge in [-0.15, -0.1) is 0 Å². The van der Waals surface area contributed by atoms with Crippen LogP contribution in [0.3, 0.4) is 0 Å². The summed E-state index contributed by atoms with van der Waals surface area (Å²) < 4.78 is 10.6. The quantitative estimate of drug-likeness (QED) is 0.846. The van der Waals surface area contributed by atoms with Gasteiger partial charge in [-0.1, -0.05) is 18.5 Å². The lowest BCUT2D eigenvalue weighted by molar-refractivity contribution is 0.398. The van der Waals surface area contributed by atoms with Crippen molar-refractivity contribution in [3.05, 3.63) is 28.4 Å². The molecule has 1 aromatic heterocycles. The monoisotopic (exact) mass is 265 g/mol. The molecule has 0 aliphatic rings. The zero-order valence-electron chi connectivity index (χ0n) is 11.0. The van der Waals surface area contributed by atoms with Crippen LogP contribution in [0.5, 0.6) is 11.5 Å². The smallest absolute Gasteiger partial charge is 0.133 e. The van der Waals surface area contributed by atoms with Gasteiger partial charge in [-0.2, -0.15) is 0 Å². The minimum Gasteiger partial charge on any atom is -0.497 e. The first-order chi connectivity index (χ1) is 8.62. The number of halogens is 1. The lowest BCUT2D eigenvalue weighted by Crippen LogP contribution is -1.97. The van der Waals surface area contributed by atoms with Crippen molar-refractivity contribution in [2.45, 2.75) is 20.3 Å². The van der Waals surface area contributed by atoms with Crippen LogP contribution in [-0.4, -0.2) is 19.2 Å². The fourth-order valence-corrected chi connectivity index (χ4v) is 2.59. The van der Waals surface area contributed by atoms with Crippen LogP contribution < -0.4 is 9.47 Å². The van der Waals surface area contributed by atoms with Crippen LogP contribution in [0.4, 0.5) is 0 Å². The lowest BCUT2D eigenvalue weighted by atomic mass is 10.1. The molecule has 2 aromatic rings. The van der Waals surface area contributed by atoms with Crippen LogP contribution in [0.25, 0.3) is 10.9 Å². The second-order valence-electron chi connectivity index (χ2n) is 4.07. The number of hydrogen-bond donors (Lipinski definition) is 0. The molecule has 0 bridgehead atoms. The van der Waals surface area contributed by atoms with E-state index < -0.39 is 0 Å². The summed E-state index contributed by atoms with van der Waals surface area (Å²) in [6, 6.07) is 3.70. The molecular weight excluding hydrogens is 250 g/mol. The van der Waals surface area contributed by atoms with E-state index in [9.17, 15) is 0 Å². The molecule has 4 heteroatoms. The Morgan fingerprint density at radius 3 is 2.50 bits per heavy atom. The minimum atomic E-state index is 0.691. The number of rotatable bonds is 3. The average Bonchev–Trinajstić information content (AvgIpc) is 2.37. The van der Waals surface area contributed by atoms with Gasteiger partial charge in [-0.25, -0.2) is 0 Å². The molecule has 0 N–H and O–H groups in total. The summed E-state index contributed by atoms with van der Waals surface area (Å²) in [5.41, 5.74) is 2.81. The first-order valence-electron chi connectivity index (χ1n) is 5.83. The molecule has 0 amide bonds. The number of fused-ring (bicyclic) bond motifs is 1. The van der Waals surface area contributed by atoms with Gasteiger partial charge in [0.15, 0.2) is 0 Å². The fourth-order valence-electron chi connectivity index (χ4n) is 2.13. The number of pyridine rings is 1. The highest BCUT2D eigenvalue weighted by Gasteiger charge is 2.15. The number of aromatic nitrogens is 1. The SMILES string of the molecule is CCc1c(C)nc2cc(OC)cc(OC)c2c1Cl. The molecule has 96 valence electrons. The minimum absolute atomic E-state index is 0.691. The third kappa shape index (κ3) is 1.99. The lowest BCUT2D eigenvalue weighted by Gasteiger charge is -2.13. The van der Waals surface area contributed by atoms with Crippen LogP contribution in [0.1, 0.15) is 18.2 Å². The summed E-state index contributed by atoms with van der Waals surface area (Å²) in [5, 5.41) is 1.57. The van der Waals surface area contributed by atoms with Gasteiger partial charge in [-0.05, 0) is 18.9 Å². The zero-order chi connectivity index (χ0) is 13.3. The number of nitrogens with zero attached hydrogens (tertiary/aromatic N) is 1. The van der Waals surface area contributed by atoms with Gasteiger partial charge in [0.1, 0.15) is 11.5 Å². The second-order valence-corrected chi connectivity index (χ2v) is 4.45. The maximum atomic E-state index is 6.47. The van der Waals surface area contributed by atoms with Crippen molar-refractivity contribution in [2.24, 2.45) is 0 Å². The van der Waals surface area contributed by atoms with E-state index in [-0.39, 0.29) is 0 Å². The van der Waals surface area contributed by atoms with E-state index in [1.54, 1.807) is 14.2 Å². The van der Waals surface area contributed by atoms with E-state index in [0.717, 1.165) is 33.6 Å². The molecular formula is C14H16ClNO2. The Balaban J connectivity index is 2.87. The van der Waals surface area contributed by atoms with Gasteiger partial charge in [0.05, 0.1) is 30.1 Å². The van der Waals surface area contributed by atoms with Crippen molar-refractivity contribution in [3.63, 3.8) is 0 Å². The fraction of sp³-hybridized carbons (Fsp3) is 0.357. The van der Waals surface area contributed by atoms with Gasteiger partial charge in [0.25, 0.3) is 0 Å². The van der Waals surface area contributed by atoms with Crippen molar-refractivity contribution < 1.29 is 9.47 Å². The molecule has 0 fully saturated rings. The molecule has 1 aromatic carbocycles. The highest BCUT2D eigenvalue weighted by Crippen LogP contribution is 2.37. The molecule has 0 aliphatic carbocycles. The van der Waals surface area contributed by atoms with Crippen LogP contribution in [0.15, 0.2) is 12.1 Å². The Morgan fingerprint density at radius 2 is 1.94 bits per heavy atom. The highest BCUT2D eigenvalue weighted by atomic mass is 35.5. The molecule has 0 saturated carbocycles. The van der Waals surface area contributed by atoms with E-state index in [1.807, 2.05) is 19.1 Å². The van der Waals surface area contributed by atoms with Crippen LogP contribution >= 0.6 is 11.6 Å². The molecule has 0 spiro atoms. The van der Waals surface area contributed by atoms with Crippen molar-refractivity contribution in [1.29, 1.82) is 0 Å². The standard InChI is InChI=1S/C14H16ClNO2/c1-5-10-8(2)16-11-6-9(17-3)7-12(18-4)13(11)14(10)15/h6-7H,5H2,1-4H3. The normalized spacial score (nSPS) is 10.7. The molecule has 3 nitrogen and oxygen atoms in total. The number of methoxy groups -OCH3 is 2. The Labute approximate surface area is 112 Å². The zero-order valence-corrected chi connectivity index (χ0v) is 11.8. The predicted octanol–water partition coefficient (Wildman–Crippen LogP) is 3.78. The topological polar surface area (TPSA) is 31.4 Å². The Bertz CT molecular complexity index is 596. The number of ether oxygens (including phenoxy) is 2. The van der Waals surface area contributed by atoms with Gasteiger partial charge >= 0.3 is 0 Å². The Kier molecular flexibility index (Phi) is 3.62. The summed E-state index contributed by atoms with van der Waals surface area (Å²) >= 11 is 6.47. The van der Waals surface area contributed by atoms with Crippen molar-refractivity contribution in [1.82, 2.24) is 4.98 Å². The number of hydrogen-bond acceptors (Lipinski definition) is 3. The second kappa shape index (κ2) is 5.02. The van der Waals surface area contributed by atoms with Crippen molar-refractivity contribution in [2.75, 3.05) is 14.2 Å². The molecule has 0 radical (unpaired) electrons. The summed E-state index contributed by atoms with van der Waals surface area (Å²) in [7, 11) is 3.24. The van der Waals surface area contributed by atoms with Gasteiger partial charge in [0.2, 0.25) is 0 Å². The molecule has 0 unspecified atom stereocenters. The van der Waals surface area contributed by atoms with E-state index in [2.05, 4.69) is 11.9 Å². The Morgan fingerprint density at radius 1 is 1.22 bits per heavy atom. The van der Waals surface area contributed by atoms with Gasteiger partial charge in [0, 0.05) is 17.8 Å². The first-order valence-corrected chi connectivity index (χ1v) is 6.20. The number of benzene rings is 1. The number of aryl methyl sites for hydroxylation is 1. The van der Waals surface area contributed by atoms with Crippen LogP contribution in [0.2, 0.25) is 5.02 Å². The molecule has 0 atom stereocenters. The third-order valence-corrected chi connectivity index (χ3v) is 3.49. The summed E-state index contributed by atoms with van der Waals surface area (Å²) in [6.07, 6.45) is 0.850. The molecule has 0 aliphatic heterocycles. The first kappa shape index (κ1) is 13.0. The van der Waals surface area contributed by atoms with E-state index >= 15 is 0 Å². The van der Waals surface area contributed by atoms with Crippen molar-refractivity contribution >= 4 is 22.5 Å². The average molecular weight is 266 g/mol. The van der Waals surface area contributed by atoms with Crippen LogP contribution in [-0.2, 0) is 6.42 Å². The van der Waals surface area contributed by atoms with E-state index in [4.69, 9.17) is 21.1 Å². The van der Waals surface area contributed by atoms with E-state index in [0.29, 0.717) is 11.5 Å². The molecule has 2 rings (SSSR count).